The third kappa shape index (κ3) is 3.57. The molecule has 0 aromatic heterocycles. The van der Waals surface area contributed by atoms with Gasteiger partial charge in [0, 0.05) is 6.04 Å². The van der Waals surface area contributed by atoms with Gasteiger partial charge in [-0.15, -0.1) is 0 Å². The SMILES string of the molecule is CNC(C[C@H]1O[C@H](CO)[C@H](O)[C@H](O)[C@H]1O)c1ccc(O)cc1. The molecule has 6 N–H and O–H groups in total. The van der Waals surface area contributed by atoms with Crippen LogP contribution in [-0.4, -0.2) is 69.7 Å². The number of nitrogens with one attached hydrogen (secondary N) is 1. The van der Waals surface area contributed by atoms with Gasteiger partial charge < -0.3 is 35.6 Å². The maximum absolute atomic E-state index is 10.1. The molecule has 7 heteroatoms. The summed E-state index contributed by atoms with van der Waals surface area (Å²) in [6.07, 6.45) is -5.26. The Balaban J connectivity index is 2.10. The number of aromatic hydroxyl groups is 1. The predicted octanol–water partition coefficient (Wildman–Crippen LogP) is -1.11. The van der Waals surface area contributed by atoms with E-state index in [1.807, 2.05) is 0 Å². The molecule has 0 saturated carbocycles. The first-order valence-electron chi connectivity index (χ1n) is 7.24. The van der Waals surface area contributed by atoms with Crippen molar-refractivity contribution >= 4 is 0 Å². The fourth-order valence-electron chi connectivity index (χ4n) is 2.73. The molecule has 0 radical (unpaired) electrons. The molecule has 1 heterocycles. The number of aliphatic hydroxyl groups is 4. The van der Waals surface area contributed by atoms with Gasteiger partial charge >= 0.3 is 0 Å². The molecule has 6 atom stereocenters. The van der Waals surface area contributed by atoms with Crippen LogP contribution in [0.4, 0.5) is 0 Å². The molecular formula is C15H23NO6. The second-order valence-electron chi connectivity index (χ2n) is 5.54. The number of rotatable bonds is 5. The predicted molar refractivity (Wildman–Crippen MR) is 78.3 cm³/mol. The van der Waals surface area contributed by atoms with Gasteiger partial charge in [0.05, 0.1) is 12.7 Å². The van der Waals surface area contributed by atoms with Crippen LogP contribution in [0.1, 0.15) is 18.0 Å². The van der Waals surface area contributed by atoms with Gasteiger partial charge in [0.2, 0.25) is 0 Å². The number of aliphatic hydroxyl groups excluding tert-OH is 4. The first-order chi connectivity index (χ1) is 10.5. The molecule has 1 aromatic rings. The van der Waals surface area contributed by atoms with E-state index in [9.17, 15) is 25.5 Å². The Morgan fingerprint density at radius 3 is 2.18 bits per heavy atom. The van der Waals surface area contributed by atoms with Crippen molar-refractivity contribution in [2.45, 2.75) is 43.0 Å². The Hall–Kier alpha value is -1.22. The molecule has 124 valence electrons. The van der Waals surface area contributed by atoms with Crippen LogP contribution in [0.5, 0.6) is 5.75 Å². The summed E-state index contributed by atoms with van der Waals surface area (Å²) in [5.41, 5.74) is 0.886. The lowest BCUT2D eigenvalue weighted by molar-refractivity contribution is -0.231. The van der Waals surface area contributed by atoms with Crippen molar-refractivity contribution in [1.29, 1.82) is 0 Å². The number of hydrogen-bond donors (Lipinski definition) is 6. The molecule has 1 saturated heterocycles. The maximum atomic E-state index is 10.1. The first-order valence-corrected chi connectivity index (χ1v) is 7.24. The lowest BCUT2D eigenvalue weighted by atomic mass is 9.90. The van der Waals surface area contributed by atoms with Crippen LogP contribution in [0.25, 0.3) is 0 Å². The summed E-state index contributed by atoms with van der Waals surface area (Å²) in [6, 6.07) is 6.45. The fourth-order valence-corrected chi connectivity index (χ4v) is 2.73. The van der Waals surface area contributed by atoms with E-state index in [4.69, 9.17) is 4.74 Å². The van der Waals surface area contributed by atoms with Crippen molar-refractivity contribution in [2.24, 2.45) is 0 Å². The van der Waals surface area contributed by atoms with Gasteiger partial charge in [0.15, 0.2) is 0 Å². The molecule has 0 amide bonds. The summed E-state index contributed by atoms with van der Waals surface area (Å²) >= 11 is 0. The highest BCUT2D eigenvalue weighted by molar-refractivity contribution is 5.28. The van der Waals surface area contributed by atoms with E-state index in [2.05, 4.69) is 5.32 Å². The lowest BCUT2D eigenvalue weighted by Gasteiger charge is -2.41. The van der Waals surface area contributed by atoms with E-state index in [0.29, 0.717) is 6.42 Å². The monoisotopic (exact) mass is 313 g/mol. The molecule has 0 aliphatic carbocycles. The van der Waals surface area contributed by atoms with Gasteiger partial charge in [-0.1, -0.05) is 12.1 Å². The van der Waals surface area contributed by atoms with Crippen molar-refractivity contribution in [3.05, 3.63) is 29.8 Å². The minimum absolute atomic E-state index is 0.159. The van der Waals surface area contributed by atoms with Crippen LogP contribution in [0, 0.1) is 0 Å². The quantitative estimate of drug-likeness (QED) is 0.407. The zero-order valence-corrected chi connectivity index (χ0v) is 12.3. The molecule has 1 unspecified atom stereocenters. The van der Waals surface area contributed by atoms with E-state index >= 15 is 0 Å². The largest absolute Gasteiger partial charge is 0.508 e. The van der Waals surface area contributed by atoms with E-state index in [-0.39, 0.29) is 11.8 Å². The second kappa shape index (κ2) is 7.36. The zero-order chi connectivity index (χ0) is 16.3. The second-order valence-corrected chi connectivity index (χ2v) is 5.54. The Labute approximate surface area is 128 Å². The maximum Gasteiger partial charge on any atom is 0.115 e. The summed E-state index contributed by atoms with van der Waals surface area (Å²) in [4.78, 5) is 0. The standard InChI is InChI=1S/C15H23NO6/c1-16-10(8-2-4-9(18)5-3-8)6-11-13(19)15(21)14(20)12(7-17)22-11/h2-5,10-21H,6-7H2,1H3/t10?,11-,12-,13+,14+,15-/m1/s1. The van der Waals surface area contributed by atoms with Crippen LogP contribution in [-0.2, 0) is 4.74 Å². The van der Waals surface area contributed by atoms with Crippen molar-refractivity contribution in [3.63, 3.8) is 0 Å². The molecule has 1 aliphatic heterocycles. The van der Waals surface area contributed by atoms with Crippen molar-refractivity contribution in [2.75, 3.05) is 13.7 Å². The normalized spacial score (nSPS) is 33.6. The summed E-state index contributed by atoms with van der Waals surface area (Å²) < 4.78 is 5.51. The Morgan fingerprint density at radius 2 is 1.64 bits per heavy atom. The highest BCUT2D eigenvalue weighted by atomic mass is 16.5. The highest BCUT2D eigenvalue weighted by Crippen LogP contribution is 2.28. The lowest BCUT2D eigenvalue weighted by Crippen LogP contribution is -2.58. The Kier molecular flexibility index (Phi) is 5.74. The molecular weight excluding hydrogens is 290 g/mol. The van der Waals surface area contributed by atoms with Crippen LogP contribution in [0.3, 0.4) is 0 Å². The molecule has 1 aromatic carbocycles. The average molecular weight is 313 g/mol. The van der Waals surface area contributed by atoms with Gasteiger partial charge in [0.1, 0.15) is 30.2 Å². The van der Waals surface area contributed by atoms with Gasteiger partial charge in [-0.3, -0.25) is 0 Å². The minimum atomic E-state index is -1.37. The van der Waals surface area contributed by atoms with E-state index in [1.165, 1.54) is 0 Å². The number of ether oxygens (including phenoxy) is 1. The van der Waals surface area contributed by atoms with Crippen molar-refractivity contribution in [3.8, 4) is 5.75 Å². The van der Waals surface area contributed by atoms with E-state index < -0.39 is 37.1 Å². The summed E-state index contributed by atoms with van der Waals surface area (Å²) in [6.45, 7) is -0.440. The summed E-state index contributed by atoms with van der Waals surface area (Å²) in [7, 11) is 1.75. The van der Waals surface area contributed by atoms with Gasteiger partial charge in [-0.25, -0.2) is 0 Å². The first kappa shape index (κ1) is 17.1. The van der Waals surface area contributed by atoms with Crippen molar-refractivity contribution < 1.29 is 30.3 Å². The van der Waals surface area contributed by atoms with Crippen LogP contribution in [0.15, 0.2) is 24.3 Å². The number of hydrogen-bond acceptors (Lipinski definition) is 7. The average Bonchev–Trinajstić information content (AvgIpc) is 2.53. The highest BCUT2D eigenvalue weighted by Gasteiger charge is 2.43. The summed E-state index contributed by atoms with van der Waals surface area (Å²) in [5.74, 6) is 0.159. The molecule has 0 bridgehead atoms. The van der Waals surface area contributed by atoms with E-state index in [1.54, 1.807) is 31.3 Å². The third-order valence-electron chi connectivity index (χ3n) is 4.10. The van der Waals surface area contributed by atoms with Crippen LogP contribution >= 0.6 is 0 Å². The molecule has 7 nitrogen and oxygen atoms in total. The number of benzene rings is 1. The van der Waals surface area contributed by atoms with Gasteiger partial charge in [-0.2, -0.15) is 0 Å². The molecule has 2 rings (SSSR count). The number of phenols is 1. The fraction of sp³-hybridized carbons (Fsp3) is 0.600. The number of phenolic OH excluding ortho intramolecular Hbond substituents is 1. The molecule has 1 aliphatic rings. The van der Waals surface area contributed by atoms with Gasteiger partial charge in [0.25, 0.3) is 0 Å². The molecule has 22 heavy (non-hydrogen) atoms. The van der Waals surface area contributed by atoms with Crippen molar-refractivity contribution in [1.82, 2.24) is 5.32 Å². The Bertz CT molecular complexity index is 466. The topological polar surface area (TPSA) is 122 Å². The third-order valence-corrected chi connectivity index (χ3v) is 4.10. The Morgan fingerprint density at radius 1 is 1.05 bits per heavy atom. The molecule has 1 fully saturated rings. The van der Waals surface area contributed by atoms with Crippen LogP contribution in [0.2, 0.25) is 0 Å². The molecule has 0 spiro atoms. The van der Waals surface area contributed by atoms with Crippen LogP contribution < -0.4 is 5.32 Å². The minimum Gasteiger partial charge on any atom is -0.508 e. The summed E-state index contributed by atoms with van der Waals surface area (Å²) in [5, 5.41) is 51.3. The smallest absolute Gasteiger partial charge is 0.115 e. The zero-order valence-electron chi connectivity index (χ0n) is 12.3. The van der Waals surface area contributed by atoms with E-state index in [0.717, 1.165) is 5.56 Å². The van der Waals surface area contributed by atoms with Gasteiger partial charge in [-0.05, 0) is 31.2 Å².